The first-order chi connectivity index (χ1) is 7.09. The standard InChI is InChI=1S/C15H22/c1-12(2)7-5-8-14-9-6-10-15(11-14)13(3)4/h5-6,8-13H,7H2,1-4H3/b8-5+. The molecule has 0 aromatic heterocycles. The maximum absolute atomic E-state index is 2.28. The van der Waals surface area contributed by atoms with Crippen LogP contribution in [0.15, 0.2) is 30.3 Å². The van der Waals surface area contributed by atoms with Gasteiger partial charge in [0.1, 0.15) is 0 Å². The summed E-state index contributed by atoms with van der Waals surface area (Å²) in [6.45, 7) is 8.96. The minimum absolute atomic E-state index is 0.614. The maximum Gasteiger partial charge on any atom is -0.0219 e. The predicted octanol–water partition coefficient (Wildman–Crippen LogP) is 4.87. The third kappa shape index (κ3) is 4.33. The van der Waals surface area contributed by atoms with Gasteiger partial charge in [-0.05, 0) is 29.4 Å². The summed E-state index contributed by atoms with van der Waals surface area (Å²) in [6, 6.07) is 8.79. The van der Waals surface area contributed by atoms with Crippen LogP contribution in [0, 0.1) is 5.92 Å². The quantitative estimate of drug-likeness (QED) is 0.653. The molecule has 0 saturated heterocycles. The highest BCUT2D eigenvalue weighted by Crippen LogP contribution is 2.16. The molecule has 0 fully saturated rings. The SMILES string of the molecule is CC(C)C/C=C/c1cccc(C(C)C)c1. The van der Waals surface area contributed by atoms with Crippen LogP contribution >= 0.6 is 0 Å². The van der Waals surface area contributed by atoms with Crippen LogP contribution in [0.3, 0.4) is 0 Å². The maximum atomic E-state index is 2.28. The molecule has 0 radical (unpaired) electrons. The Morgan fingerprint density at radius 2 is 1.87 bits per heavy atom. The highest BCUT2D eigenvalue weighted by molar-refractivity contribution is 5.50. The summed E-state index contributed by atoms with van der Waals surface area (Å²) in [5.41, 5.74) is 2.74. The van der Waals surface area contributed by atoms with Gasteiger partial charge in [-0.3, -0.25) is 0 Å². The monoisotopic (exact) mass is 202 g/mol. The van der Waals surface area contributed by atoms with Gasteiger partial charge in [0.2, 0.25) is 0 Å². The second kappa shape index (κ2) is 5.75. The van der Waals surface area contributed by atoms with Crippen molar-refractivity contribution >= 4 is 6.08 Å². The van der Waals surface area contributed by atoms with Crippen molar-refractivity contribution in [2.24, 2.45) is 5.92 Å². The number of benzene rings is 1. The van der Waals surface area contributed by atoms with E-state index in [9.17, 15) is 0 Å². The molecule has 0 bridgehead atoms. The smallest absolute Gasteiger partial charge is 0.0219 e. The van der Waals surface area contributed by atoms with Gasteiger partial charge in [0.25, 0.3) is 0 Å². The third-order valence-corrected chi connectivity index (χ3v) is 2.50. The summed E-state index contributed by atoms with van der Waals surface area (Å²) in [6.07, 6.45) is 5.65. The first-order valence-corrected chi connectivity index (χ1v) is 5.86. The zero-order valence-corrected chi connectivity index (χ0v) is 10.3. The van der Waals surface area contributed by atoms with E-state index in [4.69, 9.17) is 0 Å². The molecule has 0 nitrogen and oxygen atoms in total. The van der Waals surface area contributed by atoms with Gasteiger partial charge in [0.15, 0.2) is 0 Å². The van der Waals surface area contributed by atoms with E-state index < -0.39 is 0 Å². The lowest BCUT2D eigenvalue weighted by atomic mass is 10.0. The topological polar surface area (TPSA) is 0 Å². The van der Waals surface area contributed by atoms with E-state index in [1.165, 1.54) is 11.1 Å². The summed E-state index contributed by atoms with van der Waals surface area (Å²) in [5.74, 6) is 1.36. The van der Waals surface area contributed by atoms with E-state index >= 15 is 0 Å². The van der Waals surface area contributed by atoms with E-state index in [1.807, 2.05) is 0 Å². The van der Waals surface area contributed by atoms with Gasteiger partial charge in [0.05, 0.1) is 0 Å². The lowest BCUT2D eigenvalue weighted by Gasteiger charge is -2.05. The van der Waals surface area contributed by atoms with Crippen LogP contribution in [-0.2, 0) is 0 Å². The Kier molecular flexibility index (Phi) is 4.61. The van der Waals surface area contributed by atoms with Crippen molar-refractivity contribution in [3.63, 3.8) is 0 Å². The zero-order valence-electron chi connectivity index (χ0n) is 10.3. The average molecular weight is 202 g/mol. The molecule has 1 aromatic rings. The van der Waals surface area contributed by atoms with Crippen molar-refractivity contribution in [1.82, 2.24) is 0 Å². The van der Waals surface area contributed by atoms with Gasteiger partial charge in [-0.1, -0.05) is 64.1 Å². The minimum atomic E-state index is 0.614. The number of allylic oxidation sites excluding steroid dienone is 1. The molecule has 82 valence electrons. The Balaban J connectivity index is 2.69. The summed E-state index contributed by atoms with van der Waals surface area (Å²) in [7, 11) is 0. The van der Waals surface area contributed by atoms with Gasteiger partial charge in [-0.25, -0.2) is 0 Å². The molecule has 0 atom stereocenters. The van der Waals surface area contributed by atoms with Gasteiger partial charge >= 0.3 is 0 Å². The average Bonchev–Trinajstić information content (AvgIpc) is 2.17. The van der Waals surface area contributed by atoms with Crippen molar-refractivity contribution in [3.8, 4) is 0 Å². The normalized spacial score (nSPS) is 11.9. The molecule has 1 rings (SSSR count). The van der Waals surface area contributed by atoms with Crippen LogP contribution in [-0.4, -0.2) is 0 Å². The molecule has 0 heterocycles. The molecule has 0 saturated carbocycles. The molecular weight excluding hydrogens is 180 g/mol. The van der Waals surface area contributed by atoms with Crippen molar-refractivity contribution in [3.05, 3.63) is 41.5 Å². The molecule has 0 aliphatic heterocycles. The lowest BCUT2D eigenvalue weighted by Crippen LogP contribution is -1.87. The number of hydrogen-bond donors (Lipinski definition) is 0. The molecule has 0 heteroatoms. The molecule has 0 aliphatic carbocycles. The second-order valence-electron chi connectivity index (χ2n) is 4.86. The fourth-order valence-corrected chi connectivity index (χ4v) is 1.50. The van der Waals surface area contributed by atoms with Crippen molar-refractivity contribution in [2.45, 2.75) is 40.0 Å². The van der Waals surface area contributed by atoms with Crippen LogP contribution in [0.4, 0.5) is 0 Å². The van der Waals surface area contributed by atoms with Crippen molar-refractivity contribution < 1.29 is 0 Å². The molecule has 0 unspecified atom stereocenters. The van der Waals surface area contributed by atoms with Gasteiger partial charge < -0.3 is 0 Å². The van der Waals surface area contributed by atoms with Crippen LogP contribution in [0.5, 0.6) is 0 Å². The Bertz CT molecular complexity index is 319. The fraction of sp³-hybridized carbons (Fsp3) is 0.467. The summed E-state index contributed by atoms with van der Waals surface area (Å²) in [4.78, 5) is 0. The van der Waals surface area contributed by atoms with E-state index in [0.29, 0.717) is 5.92 Å². The van der Waals surface area contributed by atoms with E-state index in [1.54, 1.807) is 0 Å². The zero-order chi connectivity index (χ0) is 11.3. The molecule has 0 amide bonds. The fourth-order valence-electron chi connectivity index (χ4n) is 1.50. The van der Waals surface area contributed by atoms with Crippen LogP contribution < -0.4 is 0 Å². The van der Waals surface area contributed by atoms with Gasteiger partial charge in [-0.2, -0.15) is 0 Å². The predicted molar refractivity (Wildman–Crippen MR) is 69.0 cm³/mol. The largest absolute Gasteiger partial charge is 0.0837 e. The minimum Gasteiger partial charge on any atom is -0.0837 e. The number of rotatable bonds is 4. The summed E-state index contributed by atoms with van der Waals surface area (Å²) in [5, 5.41) is 0. The van der Waals surface area contributed by atoms with E-state index in [2.05, 4.69) is 64.1 Å². The highest BCUT2D eigenvalue weighted by atomic mass is 14.0. The van der Waals surface area contributed by atoms with E-state index in [-0.39, 0.29) is 0 Å². The van der Waals surface area contributed by atoms with Gasteiger partial charge in [0, 0.05) is 0 Å². The third-order valence-electron chi connectivity index (χ3n) is 2.50. The van der Waals surface area contributed by atoms with Gasteiger partial charge in [-0.15, -0.1) is 0 Å². The molecule has 1 aromatic carbocycles. The first kappa shape index (κ1) is 12.0. The van der Waals surface area contributed by atoms with Crippen LogP contribution in [0.25, 0.3) is 6.08 Å². The first-order valence-electron chi connectivity index (χ1n) is 5.86. The molecule has 0 spiro atoms. The molecule has 15 heavy (non-hydrogen) atoms. The van der Waals surface area contributed by atoms with Crippen LogP contribution in [0.2, 0.25) is 0 Å². The Morgan fingerprint density at radius 1 is 1.13 bits per heavy atom. The van der Waals surface area contributed by atoms with Crippen LogP contribution in [0.1, 0.15) is 51.2 Å². The molecule has 0 N–H and O–H groups in total. The van der Waals surface area contributed by atoms with Crippen molar-refractivity contribution in [1.29, 1.82) is 0 Å². The Hall–Kier alpha value is -1.04. The Labute approximate surface area is 94.0 Å². The second-order valence-corrected chi connectivity index (χ2v) is 4.86. The number of hydrogen-bond acceptors (Lipinski definition) is 0. The molecule has 0 aliphatic rings. The highest BCUT2D eigenvalue weighted by Gasteiger charge is 1.98. The molecular formula is C15H22. The Morgan fingerprint density at radius 3 is 2.47 bits per heavy atom. The lowest BCUT2D eigenvalue weighted by molar-refractivity contribution is 0.665. The summed E-state index contributed by atoms with van der Waals surface area (Å²) < 4.78 is 0. The van der Waals surface area contributed by atoms with Crippen molar-refractivity contribution in [2.75, 3.05) is 0 Å². The van der Waals surface area contributed by atoms with E-state index in [0.717, 1.165) is 12.3 Å². The summed E-state index contributed by atoms with van der Waals surface area (Å²) >= 11 is 0.